The van der Waals surface area contributed by atoms with Crippen molar-refractivity contribution in [2.75, 3.05) is 23.4 Å². The quantitative estimate of drug-likeness (QED) is 0.791. The molecule has 2 rings (SSSR count). The van der Waals surface area contributed by atoms with Crippen molar-refractivity contribution in [3.63, 3.8) is 0 Å². The molecular formula is C12H15BrN2O. The number of fused-ring (bicyclic) bond motifs is 1. The highest BCUT2D eigenvalue weighted by molar-refractivity contribution is 9.10. The smallest absolute Gasteiger partial charge is 0.246 e. The Morgan fingerprint density at radius 3 is 2.62 bits per heavy atom. The van der Waals surface area contributed by atoms with Crippen LogP contribution in [0.25, 0.3) is 0 Å². The molecule has 0 N–H and O–H groups in total. The van der Waals surface area contributed by atoms with E-state index in [9.17, 15) is 4.79 Å². The van der Waals surface area contributed by atoms with E-state index in [2.05, 4.69) is 15.9 Å². The van der Waals surface area contributed by atoms with Gasteiger partial charge in [0, 0.05) is 17.6 Å². The molecule has 1 amide bonds. The van der Waals surface area contributed by atoms with E-state index >= 15 is 0 Å². The number of anilines is 2. The predicted molar refractivity (Wildman–Crippen MR) is 70.0 cm³/mol. The van der Waals surface area contributed by atoms with Crippen LogP contribution in [0.1, 0.15) is 13.8 Å². The second kappa shape index (κ2) is 4.09. The first-order valence-electron chi connectivity index (χ1n) is 5.33. The summed E-state index contributed by atoms with van der Waals surface area (Å²) in [4.78, 5) is 15.8. The molecule has 0 atom stereocenters. The maximum atomic E-state index is 12.0. The Morgan fingerprint density at radius 1 is 1.31 bits per heavy atom. The van der Waals surface area contributed by atoms with Gasteiger partial charge < -0.3 is 9.80 Å². The summed E-state index contributed by atoms with van der Waals surface area (Å²) in [5.41, 5.74) is 2.10. The standard InChI is InChI=1S/C12H15BrN2O/c1-8(2)15-11-6-9(13)4-5-10(11)14(3)7-12(15)16/h4-6,8H,7H2,1-3H3. The molecule has 86 valence electrons. The van der Waals surface area contributed by atoms with Gasteiger partial charge >= 0.3 is 0 Å². The maximum absolute atomic E-state index is 12.0. The normalized spacial score (nSPS) is 15.7. The van der Waals surface area contributed by atoms with Gasteiger partial charge in [0.25, 0.3) is 0 Å². The van der Waals surface area contributed by atoms with Gasteiger partial charge in [-0.15, -0.1) is 0 Å². The number of nitrogens with zero attached hydrogens (tertiary/aromatic N) is 2. The largest absolute Gasteiger partial charge is 0.364 e. The second-order valence-electron chi connectivity index (χ2n) is 4.35. The van der Waals surface area contributed by atoms with Gasteiger partial charge in [0.15, 0.2) is 0 Å². The second-order valence-corrected chi connectivity index (χ2v) is 5.26. The monoisotopic (exact) mass is 282 g/mol. The lowest BCUT2D eigenvalue weighted by atomic mass is 10.1. The van der Waals surface area contributed by atoms with Crippen LogP contribution in [-0.2, 0) is 4.79 Å². The maximum Gasteiger partial charge on any atom is 0.246 e. The minimum atomic E-state index is 0.156. The highest BCUT2D eigenvalue weighted by Gasteiger charge is 2.28. The van der Waals surface area contributed by atoms with Crippen LogP contribution in [0, 0.1) is 0 Å². The van der Waals surface area contributed by atoms with Crippen molar-refractivity contribution in [3.8, 4) is 0 Å². The fourth-order valence-corrected chi connectivity index (χ4v) is 2.43. The number of carbonyl (C=O) groups excluding carboxylic acids is 1. The summed E-state index contributed by atoms with van der Waals surface area (Å²) in [7, 11) is 1.95. The summed E-state index contributed by atoms with van der Waals surface area (Å²) in [5.74, 6) is 0.156. The first kappa shape index (κ1) is 11.5. The average Bonchev–Trinajstić information content (AvgIpc) is 2.15. The van der Waals surface area contributed by atoms with Gasteiger partial charge in [-0.2, -0.15) is 0 Å². The van der Waals surface area contributed by atoms with Crippen LogP contribution in [0.5, 0.6) is 0 Å². The van der Waals surface area contributed by atoms with Gasteiger partial charge in [-0.05, 0) is 32.0 Å². The summed E-state index contributed by atoms with van der Waals surface area (Å²) in [6.45, 7) is 4.52. The van der Waals surface area contributed by atoms with Crippen LogP contribution < -0.4 is 9.80 Å². The van der Waals surface area contributed by atoms with Crippen LogP contribution >= 0.6 is 15.9 Å². The molecule has 0 saturated carbocycles. The van der Waals surface area contributed by atoms with Crippen molar-refractivity contribution < 1.29 is 4.79 Å². The number of hydrogen-bond donors (Lipinski definition) is 0. The van der Waals surface area contributed by atoms with E-state index in [-0.39, 0.29) is 11.9 Å². The van der Waals surface area contributed by atoms with Gasteiger partial charge in [-0.1, -0.05) is 15.9 Å². The van der Waals surface area contributed by atoms with Crippen LogP contribution in [0.15, 0.2) is 22.7 Å². The van der Waals surface area contributed by atoms with E-state index in [1.165, 1.54) is 0 Å². The lowest BCUT2D eigenvalue weighted by molar-refractivity contribution is -0.117. The highest BCUT2D eigenvalue weighted by Crippen LogP contribution is 2.36. The molecule has 3 nitrogen and oxygen atoms in total. The third-order valence-electron chi connectivity index (χ3n) is 2.77. The van der Waals surface area contributed by atoms with Crippen molar-refractivity contribution in [2.45, 2.75) is 19.9 Å². The van der Waals surface area contributed by atoms with E-state index in [1.807, 2.05) is 48.9 Å². The van der Waals surface area contributed by atoms with E-state index in [0.717, 1.165) is 15.8 Å². The molecule has 0 aliphatic carbocycles. The number of hydrogen-bond acceptors (Lipinski definition) is 2. The van der Waals surface area contributed by atoms with Gasteiger partial charge in [0.1, 0.15) is 0 Å². The Labute approximate surface area is 104 Å². The van der Waals surface area contributed by atoms with Crippen LogP contribution in [0.2, 0.25) is 0 Å². The summed E-state index contributed by atoms with van der Waals surface area (Å²) in [5, 5.41) is 0. The Hall–Kier alpha value is -1.03. The van der Waals surface area contributed by atoms with Crippen molar-refractivity contribution >= 4 is 33.2 Å². The lowest BCUT2D eigenvalue weighted by Crippen LogP contribution is -2.47. The Morgan fingerprint density at radius 2 is 2.00 bits per heavy atom. The number of rotatable bonds is 1. The molecule has 0 bridgehead atoms. The van der Waals surface area contributed by atoms with Crippen molar-refractivity contribution in [1.82, 2.24) is 0 Å². The molecule has 1 aromatic rings. The van der Waals surface area contributed by atoms with Crippen molar-refractivity contribution in [1.29, 1.82) is 0 Å². The molecule has 1 aromatic carbocycles. The molecule has 1 aliphatic heterocycles. The third kappa shape index (κ3) is 1.82. The summed E-state index contributed by atoms with van der Waals surface area (Å²) in [6, 6.07) is 6.24. The molecule has 1 aliphatic rings. The van der Waals surface area contributed by atoms with E-state index in [0.29, 0.717) is 6.54 Å². The molecule has 0 spiro atoms. The van der Waals surface area contributed by atoms with Crippen LogP contribution in [-0.4, -0.2) is 25.5 Å². The summed E-state index contributed by atoms with van der Waals surface area (Å²) < 4.78 is 1.00. The number of likely N-dealkylation sites (N-methyl/N-ethyl adjacent to an activating group) is 1. The van der Waals surface area contributed by atoms with Crippen LogP contribution in [0.4, 0.5) is 11.4 Å². The minimum Gasteiger partial charge on any atom is -0.364 e. The average molecular weight is 283 g/mol. The van der Waals surface area contributed by atoms with Gasteiger partial charge in [-0.25, -0.2) is 0 Å². The van der Waals surface area contributed by atoms with E-state index in [4.69, 9.17) is 0 Å². The molecule has 16 heavy (non-hydrogen) atoms. The molecule has 1 heterocycles. The molecule has 0 unspecified atom stereocenters. The summed E-state index contributed by atoms with van der Waals surface area (Å²) in [6.07, 6.45) is 0. The predicted octanol–water partition coefficient (Wildman–Crippen LogP) is 2.64. The first-order valence-corrected chi connectivity index (χ1v) is 6.12. The zero-order valence-electron chi connectivity index (χ0n) is 9.70. The lowest BCUT2D eigenvalue weighted by Gasteiger charge is -2.37. The van der Waals surface area contributed by atoms with E-state index < -0.39 is 0 Å². The molecule has 0 radical (unpaired) electrons. The Bertz CT molecular complexity index is 431. The zero-order valence-corrected chi connectivity index (χ0v) is 11.3. The molecule has 4 heteroatoms. The fourth-order valence-electron chi connectivity index (χ4n) is 2.08. The number of carbonyl (C=O) groups is 1. The zero-order chi connectivity index (χ0) is 11.9. The first-order chi connectivity index (χ1) is 7.50. The van der Waals surface area contributed by atoms with Crippen molar-refractivity contribution in [2.24, 2.45) is 0 Å². The number of benzene rings is 1. The SMILES string of the molecule is CC(C)N1C(=O)CN(C)c2ccc(Br)cc21. The molecular weight excluding hydrogens is 268 g/mol. The molecule has 0 fully saturated rings. The number of amides is 1. The minimum absolute atomic E-state index is 0.156. The third-order valence-corrected chi connectivity index (χ3v) is 3.26. The summed E-state index contributed by atoms with van der Waals surface area (Å²) >= 11 is 3.45. The van der Waals surface area contributed by atoms with Gasteiger partial charge in [-0.3, -0.25) is 4.79 Å². The van der Waals surface area contributed by atoms with Crippen molar-refractivity contribution in [3.05, 3.63) is 22.7 Å². The molecule has 0 aromatic heterocycles. The van der Waals surface area contributed by atoms with E-state index in [1.54, 1.807) is 0 Å². The topological polar surface area (TPSA) is 23.6 Å². The van der Waals surface area contributed by atoms with Gasteiger partial charge in [0.05, 0.1) is 17.9 Å². The molecule has 0 saturated heterocycles. The number of halogens is 1. The Kier molecular flexibility index (Phi) is 2.93. The van der Waals surface area contributed by atoms with Crippen LogP contribution in [0.3, 0.4) is 0 Å². The fraction of sp³-hybridized carbons (Fsp3) is 0.417. The Balaban J connectivity index is 2.56. The van der Waals surface area contributed by atoms with Gasteiger partial charge in [0.2, 0.25) is 5.91 Å². The highest BCUT2D eigenvalue weighted by atomic mass is 79.9.